The summed E-state index contributed by atoms with van der Waals surface area (Å²) in [5.74, 6) is -1.25. The van der Waals surface area contributed by atoms with Gasteiger partial charge in [-0.25, -0.2) is 4.39 Å². The molecule has 0 aliphatic heterocycles. The highest BCUT2D eigenvalue weighted by Gasteiger charge is 2.14. The van der Waals surface area contributed by atoms with Gasteiger partial charge < -0.3 is 10.6 Å². The van der Waals surface area contributed by atoms with Crippen molar-refractivity contribution in [3.63, 3.8) is 0 Å². The molecular weight excluding hydrogens is 357 g/mol. The molecule has 0 spiro atoms. The Morgan fingerprint density at radius 3 is 2.88 bits per heavy atom. The number of amides is 1. The van der Waals surface area contributed by atoms with Crippen molar-refractivity contribution < 1.29 is 14.1 Å². The van der Waals surface area contributed by atoms with Crippen molar-refractivity contribution in [1.82, 2.24) is 10.2 Å². The molecule has 0 atom stereocenters. The Hall–Kier alpha value is -2.27. The Kier molecular flexibility index (Phi) is 6.04. The van der Waals surface area contributed by atoms with Gasteiger partial charge in [-0.15, -0.1) is 10.2 Å². The van der Waals surface area contributed by atoms with Crippen LogP contribution in [0.3, 0.4) is 0 Å². The second-order valence-corrected chi connectivity index (χ2v) is 7.13. The summed E-state index contributed by atoms with van der Waals surface area (Å²) >= 11 is 2.45. The average Bonchev–Trinajstić information content (AvgIpc) is 2.94. The predicted molar refractivity (Wildman–Crippen MR) is 91.1 cm³/mol. The highest BCUT2D eigenvalue weighted by molar-refractivity contribution is 8.01. The zero-order valence-corrected chi connectivity index (χ0v) is 14.4. The van der Waals surface area contributed by atoms with E-state index in [1.165, 1.54) is 11.3 Å². The number of carbonyl (C=O) groups excluding carboxylic acids is 1. The van der Waals surface area contributed by atoms with Crippen LogP contribution in [0.1, 0.15) is 13.8 Å². The first-order valence-corrected chi connectivity index (χ1v) is 8.62. The van der Waals surface area contributed by atoms with Gasteiger partial charge in [0, 0.05) is 18.2 Å². The number of nitrogens with one attached hydrogen (secondary N) is 2. The molecule has 0 radical (unpaired) electrons. The normalized spacial score (nSPS) is 10.7. The summed E-state index contributed by atoms with van der Waals surface area (Å²) in [7, 11) is 0. The molecule has 11 heteroatoms. The third-order valence-electron chi connectivity index (χ3n) is 2.58. The molecular formula is C13H14FN5O3S2. The minimum atomic E-state index is -0.738. The number of rotatable bonds is 7. The fourth-order valence-corrected chi connectivity index (χ4v) is 3.31. The summed E-state index contributed by atoms with van der Waals surface area (Å²) in [6, 6.07) is 3.17. The van der Waals surface area contributed by atoms with Crippen LogP contribution in [0.15, 0.2) is 22.5 Å². The Bertz CT molecular complexity index is 753. The lowest BCUT2D eigenvalue weighted by Crippen LogP contribution is -2.15. The van der Waals surface area contributed by atoms with Gasteiger partial charge in [0.15, 0.2) is 4.34 Å². The third-order valence-corrected chi connectivity index (χ3v) is 4.57. The molecule has 8 nitrogen and oxygen atoms in total. The number of thioether (sulfide) groups is 1. The number of hydrogen-bond acceptors (Lipinski definition) is 8. The lowest BCUT2D eigenvalue weighted by molar-refractivity contribution is -0.384. The maximum absolute atomic E-state index is 13.6. The van der Waals surface area contributed by atoms with Gasteiger partial charge in [-0.05, 0) is 19.9 Å². The van der Waals surface area contributed by atoms with Gasteiger partial charge in [0.25, 0.3) is 5.69 Å². The van der Waals surface area contributed by atoms with Gasteiger partial charge in [-0.2, -0.15) is 0 Å². The monoisotopic (exact) mass is 371 g/mol. The van der Waals surface area contributed by atoms with Crippen molar-refractivity contribution in [3.8, 4) is 0 Å². The van der Waals surface area contributed by atoms with E-state index in [4.69, 9.17) is 0 Å². The number of halogens is 1. The van der Waals surface area contributed by atoms with Crippen LogP contribution in [-0.4, -0.2) is 32.8 Å². The summed E-state index contributed by atoms with van der Waals surface area (Å²) in [6.07, 6.45) is 0. The number of nitrogens with zero attached hydrogens (tertiary/aromatic N) is 3. The molecule has 0 bridgehead atoms. The highest BCUT2D eigenvalue weighted by Crippen LogP contribution is 2.26. The predicted octanol–water partition coefficient (Wildman–Crippen LogP) is 3.14. The van der Waals surface area contributed by atoms with Gasteiger partial charge in [-0.3, -0.25) is 14.9 Å². The quantitative estimate of drug-likeness (QED) is 0.437. The van der Waals surface area contributed by atoms with Crippen LogP contribution < -0.4 is 10.6 Å². The van der Waals surface area contributed by atoms with E-state index in [2.05, 4.69) is 20.8 Å². The highest BCUT2D eigenvalue weighted by atomic mass is 32.2. The first-order valence-electron chi connectivity index (χ1n) is 6.82. The molecule has 1 amide bonds. The third kappa shape index (κ3) is 5.13. The molecule has 2 N–H and O–H groups in total. The smallest absolute Gasteiger partial charge is 0.271 e. The molecule has 0 unspecified atom stereocenters. The summed E-state index contributed by atoms with van der Waals surface area (Å²) in [5, 5.41) is 24.6. The van der Waals surface area contributed by atoms with Crippen molar-refractivity contribution in [2.24, 2.45) is 0 Å². The maximum atomic E-state index is 13.6. The number of nitro benzene ring substituents is 1. The van der Waals surface area contributed by atoms with Crippen molar-refractivity contribution in [2.75, 3.05) is 16.4 Å². The Balaban J connectivity index is 1.93. The van der Waals surface area contributed by atoms with Crippen LogP contribution in [0.25, 0.3) is 0 Å². The zero-order chi connectivity index (χ0) is 17.7. The van der Waals surface area contributed by atoms with E-state index in [0.717, 1.165) is 30.0 Å². The number of hydrogen-bond donors (Lipinski definition) is 2. The topological polar surface area (TPSA) is 110 Å². The summed E-state index contributed by atoms with van der Waals surface area (Å²) in [5.41, 5.74) is -0.526. The van der Waals surface area contributed by atoms with Gasteiger partial charge in [0.2, 0.25) is 11.0 Å². The molecule has 0 fully saturated rings. The van der Waals surface area contributed by atoms with Crippen LogP contribution >= 0.6 is 23.1 Å². The minimum Gasteiger partial charge on any atom is -0.358 e. The lowest BCUT2D eigenvalue weighted by Gasteiger charge is -2.05. The molecule has 1 heterocycles. The summed E-state index contributed by atoms with van der Waals surface area (Å²) < 4.78 is 14.2. The van der Waals surface area contributed by atoms with Gasteiger partial charge in [0.05, 0.1) is 16.4 Å². The fourth-order valence-electron chi connectivity index (χ4n) is 1.61. The van der Waals surface area contributed by atoms with Crippen LogP contribution in [0.2, 0.25) is 0 Å². The molecule has 1 aromatic heterocycles. The van der Waals surface area contributed by atoms with Gasteiger partial charge in [-0.1, -0.05) is 23.1 Å². The summed E-state index contributed by atoms with van der Waals surface area (Å²) in [6.45, 7) is 3.94. The number of anilines is 2. The minimum absolute atomic E-state index is 0.0154. The number of nitro groups is 1. The first-order chi connectivity index (χ1) is 11.3. The lowest BCUT2D eigenvalue weighted by atomic mass is 10.2. The van der Waals surface area contributed by atoms with Crippen molar-refractivity contribution in [2.45, 2.75) is 24.2 Å². The van der Waals surface area contributed by atoms with Crippen LogP contribution in [0.4, 0.5) is 20.9 Å². The average molecular weight is 371 g/mol. The fraction of sp³-hybridized carbons (Fsp3) is 0.308. The number of carbonyl (C=O) groups is 1. The number of non-ortho nitro benzene ring substituents is 1. The Morgan fingerprint density at radius 1 is 1.46 bits per heavy atom. The van der Waals surface area contributed by atoms with Crippen LogP contribution in [-0.2, 0) is 4.79 Å². The second-order valence-electron chi connectivity index (χ2n) is 4.93. The maximum Gasteiger partial charge on any atom is 0.271 e. The largest absolute Gasteiger partial charge is 0.358 e. The SMILES string of the molecule is CC(C)Nc1nnc(SCC(=O)Nc2cc([N+](=O)[O-])ccc2F)s1. The molecule has 1 aromatic carbocycles. The Morgan fingerprint density at radius 2 is 2.21 bits per heavy atom. The van der Waals surface area contributed by atoms with E-state index in [1.807, 2.05) is 13.8 Å². The van der Waals surface area contributed by atoms with E-state index in [-0.39, 0.29) is 23.2 Å². The van der Waals surface area contributed by atoms with Crippen LogP contribution in [0.5, 0.6) is 0 Å². The first kappa shape index (κ1) is 18.1. The van der Waals surface area contributed by atoms with E-state index < -0.39 is 16.6 Å². The van der Waals surface area contributed by atoms with E-state index in [9.17, 15) is 19.3 Å². The van der Waals surface area contributed by atoms with Gasteiger partial charge >= 0.3 is 0 Å². The molecule has 24 heavy (non-hydrogen) atoms. The zero-order valence-electron chi connectivity index (χ0n) is 12.8. The van der Waals surface area contributed by atoms with E-state index in [0.29, 0.717) is 9.47 Å². The van der Waals surface area contributed by atoms with Crippen molar-refractivity contribution in [3.05, 3.63) is 34.1 Å². The van der Waals surface area contributed by atoms with Crippen molar-refractivity contribution in [1.29, 1.82) is 0 Å². The molecule has 2 aromatic rings. The Labute approximate surface area is 145 Å². The standard InChI is InChI=1S/C13H14FN5O3S2/c1-7(2)15-12-17-18-13(24-12)23-6-11(20)16-10-5-8(19(21)22)3-4-9(10)14/h3-5,7H,6H2,1-2H3,(H,15,17)(H,16,20). The summed E-state index contributed by atoms with van der Waals surface area (Å²) in [4.78, 5) is 21.9. The van der Waals surface area contributed by atoms with E-state index in [1.54, 1.807) is 0 Å². The molecule has 0 saturated carbocycles. The molecule has 0 saturated heterocycles. The van der Waals surface area contributed by atoms with Gasteiger partial charge in [0.1, 0.15) is 5.82 Å². The number of aromatic nitrogens is 2. The molecule has 0 aliphatic rings. The number of benzene rings is 1. The van der Waals surface area contributed by atoms with Crippen molar-refractivity contribution >= 4 is 45.5 Å². The molecule has 128 valence electrons. The second kappa shape index (κ2) is 8.02. The van der Waals surface area contributed by atoms with Crippen LogP contribution in [0, 0.1) is 15.9 Å². The molecule has 2 rings (SSSR count). The van der Waals surface area contributed by atoms with E-state index >= 15 is 0 Å². The molecule has 0 aliphatic carbocycles.